The van der Waals surface area contributed by atoms with Gasteiger partial charge in [0.1, 0.15) is 11.4 Å². The van der Waals surface area contributed by atoms with Crippen LogP contribution in [-0.4, -0.2) is 83.9 Å². The quantitative estimate of drug-likeness (QED) is 0.179. The van der Waals surface area contributed by atoms with Crippen LogP contribution in [0.2, 0.25) is 0 Å². The van der Waals surface area contributed by atoms with E-state index in [1.807, 2.05) is 13.8 Å². The zero-order valence-electron chi connectivity index (χ0n) is 29.0. The Balaban J connectivity index is 0.00000627. The number of carbonyl (C=O) groups is 3. The first kappa shape index (κ1) is 41.7. The number of aromatic nitrogens is 1. The summed E-state index contributed by atoms with van der Waals surface area (Å²) < 4.78 is 77.7. The molecule has 2 amide bonds. The van der Waals surface area contributed by atoms with E-state index in [1.54, 1.807) is 34.5 Å². The third kappa shape index (κ3) is 9.38. The van der Waals surface area contributed by atoms with Gasteiger partial charge in [0.05, 0.1) is 16.5 Å². The number of amides is 2. The van der Waals surface area contributed by atoms with E-state index in [4.69, 9.17) is 9.84 Å². The maximum Gasteiger partial charge on any atom is 0.418 e. The fraction of sp³-hybridized carbons (Fsp3) is 0.514. The number of sulfonamides is 1. The highest BCUT2D eigenvalue weighted by Crippen LogP contribution is 2.41. The molecule has 290 valence electrons. The number of piperidine rings is 2. The summed E-state index contributed by atoms with van der Waals surface area (Å²) in [5.41, 5.74) is -2.88. The zero-order valence-corrected chi connectivity index (χ0v) is 30.7. The van der Waals surface area contributed by atoms with Gasteiger partial charge in [0.15, 0.2) is 0 Å². The number of pyridine rings is 1. The molecule has 2 atom stereocenters. The highest BCUT2D eigenvalue weighted by molar-refractivity contribution is 7.89. The van der Waals surface area contributed by atoms with E-state index in [-0.39, 0.29) is 76.0 Å². The number of nitrogens with one attached hydrogen (secondary N) is 1. The van der Waals surface area contributed by atoms with Gasteiger partial charge in [0, 0.05) is 55.5 Å². The second-order valence-corrected chi connectivity index (χ2v) is 16.0. The molecule has 53 heavy (non-hydrogen) atoms. The molecule has 0 saturated carbocycles. The van der Waals surface area contributed by atoms with E-state index in [0.29, 0.717) is 37.0 Å². The van der Waals surface area contributed by atoms with Crippen molar-refractivity contribution in [3.05, 3.63) is 75.7 Å². The Kier molecular flexibility index (Phi) is 13.7. The molecule has 2 fully saturated rings. The number of hydrogen-bond acceptors (Lipinski definition) is 8. The Bertz CT molecular complexity index is 1860. The second kappa shape index (κ2) is 17.4. The van der Waals surface area contributed by atoms with E-state index in [2.05, 4.69) is 9.71 Å². The van der Waals surface area contributed by atoms with Crippen molar-refractivity contribution in [2.75, 3.05) is 26.2 Å². The van der Waals surface area contributed by atoms with Gasteiger partial charge in [-0.3, -0.25) is 19.4 Å². The predicted molar refractivity (Wildman–Crippen MR) is 194 cm³/mol. The largest absolute Gasteiger partial charge is 0.481 e. The number of hydrogen-bond donors (Lipinski definition) is 2. The third-order valence-corrected chi connectivity index (χ3v) is 12.0. The lowest BCUT2D eigenvalue weighted by Crippen LogP contribution is -2.68. The van der Waals surface area contributed by atoms with Gasteiger partial charge in [0.25, 0.3) is 11.8 Å². The van der Waals surface area contributed by atoms with Crippen LogP contribution >= 0.6 is 11.3 Å². The summed E-state index contributed by atoms with van der Waals surface area (Å²) in [6.45, 7) is 4.36. The topological polar surface area (TPSA) is 146 Å². The fourth-order valence-electron chi connectivity index (χ4n) is 7.28. The number of likely N-dealkylation sites (tertiary alicyclic amines) is 2. The van der Waals surface area contributed by atoms with Crippen molar-refractivity contribution in [2.45, 2.75) is 101 Å². The number of benzene rings is 1. The lowest BCUT2D eigenvalue weighted by molar-refractivity contribution is -0.160. The zero-order chi connectivity index (χ0) is 37.7. The lowest BCUT2D eigenvalue weighted by Gasteiger charge is -2.50. The van der Waals surface area contributed by atoms with E-state index in [0.717, 1.165) is 23.2 Å². The third-order valence-electron chi connectivity index (χ3n) is 9.66. The summed E-state index contributed by atoms with van der Waals surface area (Å²) in [5, 5.41) is 10.7. The average Bonchev–Trinajstić information content (AvgIpc) is 3.53. The Morgan fingerprint density at radius 3 is 2.47 bits per heavy atom. The minimum atomic E-state index is -4.81. The SMILES string of the molecule is C.CCC[C@H]1N(C(=O)c2ncccc2C(F)(F)F)CCC[C@@]1(Oc1csc(C)c1)C(=O)N1CCC(c2ccccc2S(=O)(=O)NCCCC(=O)O)CC1. The van der Waals surface area contributed by atoms with Crippen LogP contribution in [0.15, 0.2) is 58.9 Å². The van der Waals surface area contributed by atoms with Crippen molar-refractivity contribution >= 4 is 39.1 Å². The number of aliphatic carboxylic acids is 1. The first-order chi connectivity index (χ1) is 24.7. The minimum absolute atomic E-state index is 0. The molecule has 0 unspecified atom stereocenters. The van der Waals surface area contributed by atoms with Gasteiger partial charge in [-0.25, -0.2) is 13.1 Å². The van der Waals surface area contributed by atoms with Crippen molar-refractivity contribution in [3.63, 3.8) is 0 Å². The minimum Gasteiger partial charge on any atom is -0.481 e. The predicted octanol–water partition coefficient (Wildman–Crippen LogP) is 6.88. The van der Waals surface area contributed by atoms with Crippen LogP contribution in [-0.2, 0) is 25.8 Å². The highest BCUT2D eigenvalue weighted by atomic mass is 32.2. The normalized spacial score (nSPS) is 19.8. The van der Waals surface area contributed by atoms with Crippen molar-refractivity contribution in [1.82, 2.24) is 19.5 Å². The summed E-state index contributed by atoms with van der Waals surface area (Å²) in [4.78, 5) is 47.7. The molecule has 0 aliphatic carbocycles. The lowest BCUT2D eigenvalue weighted by atomic mass is 9.79. The molecule has 2 aliphatic rings. The van der Waals surface area contributed by atoms with E-state index >= 15 is 0 Å². The summed E-state index contributed by atoms with van der Waals surface area (Å²) in [7, 11) is -3.95. The molecule has 4 heterocycles. The second-order valence-electron chi connectivity index (χ2n) is 13.2. The van der Waals surface area contributed by atoms with Crippen molar-refractivity contribution in [1.29, 1.82) is 0 Å². The summed E-state index contributed by atoms with van der Waals surface area (Å²) in [6, 6.07) is 9.47. The number of alkyl halides is 3. The van der Waals surface area contributed by atoms with E-state index in [9.17, 15) is 36.0 Å². The maximum absolute atomic E-state index is 14.9. The van der Waals surface area contributed by atoms with Crippen LogP contribution in [0, 0.1) is 6.92 Å². The van der Waals surface area contributed by atoms with Crippen molar-refractivity contribution in [3.8, 4) is 5.75 Å². The molecule has 2 saturated heterocycles. The van der Waals surface area contributed by atoms with Crippen LogP contribution in [0.25, 0.3) is 0 Å². The first-order valence-corrected chi connectivity index (χ1v) is 19.7. The molecule has 16 heteroatoms. The van der Waals surface area contributed by atoms with Crippen LogP contribution < -0.4 is 9.46 Å². The van der Waals surface area contributed by atoms with Crippen molar-refractivity contribution < 1.29 is 45.8 Å². The number of rotatable bonds is 13. The van der Waals surface area contributed by atoms with Gasteiger partial charge in [-0.15, -0.1) is 11.3 Å². The number of thiophene rings is 1. The molecule has 2 N–H and O–H groups in total. The van der Waals surface area contributed by atoms with Gasteiger partial charge in [-0.1, -0.05) is 39.0 Å². The van der Waals surface area contributed by atoms with Gasteiger partial charge in [-0.05, 0) is 74.8 Å². The number of halogens is 3. The number of aryl methyl sites for hydroxylation is 1. The number of carboxylic acids is 1. The molecule has 1 aromatic carbocycles. The Morgan fingerprint density at radius 2 is 1.83 bits per heavy atom. The summed E-state index contributed by atoms with van der Waals surface area (Å²) in [5.74, 6) is -2.08. The van der Waals surface area contributed by atoms with Crippen LogP contribution in [0.1, 0.15) is 98.1 Å². The van der Waals surface area contributed by atoms with Gasteiger partial charge < -0.3 is 19.6 Å². The molecule has 2 aliphatic heterocycles. The molecule has 0 spiro atoms. The monoisotopic (exact) mass is 780 g/mol. The molecule has 3 aromatic rings. The highest BCUT2D eigenvalue weighted by Gasteiger charge is 2.56. The van der Waals surface area contributed by atoms with Crippen molar-refractivity contribution in [2.24, 2.45) is 0 Å². The van der Waals surface area contributed by atoms with Gasteiger partial charge in [0.2, 0.25) is 15.6 Å². The summed E-state index contributed by atoms with van der Waals surface area (Å²) in [6.07, 6.45) is -1.51. The number of carbonyl (C=O) groups excluding carboxylic acids is 2. The van der Waals surface area contributed by atoms with Gasteiger partial charge >= 0.3 is 12.1 Å². The first-order valence-electron chi connectivity index (χ1n) is 17.3. The molecular weight excluding hydrogens is 734 g/mol. The molecular formula is C37H47F3N4O7S2. The van der Waals surface area contributed by atoms with E-state index in [1.165, 1.54) is 22.3 Å². The van der Waals surface area contributed by atoms with E-state index < -0.39 is 51.0 Å². The number of ether oxygens (including phenoxy) is 1. The Labute approximate surface area is 312 Å². The number of nitrogens with zero attached hydrogens (tertiary/aromatic N) is 3. The molecule has 5 rings (SSSR count). The maximum atomic E-state index is 14.9. The Morgan fingerprint density at radius 1 is 1.11 bits per heavy atom. The standard InChI is InChI=1S/C36H43F3N4O7S2.CH4/c1-3-9-30-35(50-26-22-24(2)51-23-26,16-8-19-43(30)33(46)32-28(36(37,38)39)11-6-17-40-32)34(47)42-20-14-25(15-21-42)27-10-4-5-12-29(27)52(48,49)41-18-7-13-31(44)45;/h4-6,10-12,17,22-23,25,30,41H,3,7-9,13-16,18-21H2,1-2H3,(H,44,45);1H4/t30-,35+;/m1./s1. The average molecular weight is 781 g/mol. The Hall–Kier alpha value is -4.02. The summed E-state index contributed by atoms with van der Waals surface area (Å²) >= 11 is 1.42. The van der Waals surface area contributed by atoms with Gasteiger partial charge in [-0.2, -0.15) is 13.2 Å². The van der Waals surface area contributed by atoms with Crippen LogP contribution in [0.5, 0.6) is 5.75 Å². The smallest absolute Gasteiger partial charge is 0.418 e. The van der Waals surface area contributed by atoms with Crippen LogP contribution in [0.4, 0.5) is 13.2 Å². The number of carboxylic acid groups (broad SMARTS) is 1. The fourth-order valence-corrected chi connectivity index (χ4v) is 9.25. The van der Waals surface area contributed by atoms with Crippen LogP contribution in [0.3, 0.4) is 0 Å². The molecule has 0 radical (unpaired) electrons. The molecule has 0 bridgehead atoms. The molecule has 11 nitrogen and oxygen atoms in total. The molecule has 2 aromatic heterocycles.